The van der Waals surface area contributed by atoms with E-state index in [9.17, 15) is 8.78 Å². The lowest BCUT2D eigenvalue weighted by atomic mass is 10.2. The Balaban J connectivity index is 2.65. The molecule has 1 aromatic carbocycles. The average Bonchev–Trinajstić information content (AvgIpc) is 2.24. The molecule has 1 aromatic rings. The van der Waals surface area contributed by atoms with E-state index in [0.29, 0.717) is 13.1 Å². The highest BCUT2D eigenvalue weighted by Gasteiger charge is 2.07. The summed E-state index contributed by atoms with van der Waals surface area (Å²) in [5.41, 5.74) is 0.723. The molecule has 1 rings (SSSR count). The van der Waals surface area contributed by atoms with Gasteiger partial charge in [-0.3, -0.25) is 4.90 Å². The van der Waals surface area contributed by atoms with E-state index in [0.717, 1.165) is 24.6 Å². The number of nitrogens with zero attached hydrogens (tertiary/aromatic N) is 1. The van der Waals surface area contributed by atoms with Crippen molar-refractivity contribution in [1.29, 1.82) is 0 Å². The molecule has 0 aromatic heterocycles. The SMILES string of the molecule is CCCN(CCO)Cc1ccc(F)c(F)c1. The Kier molecular flexibility index (Phi) is 5.35. The molecule has 0 heterocycles. The Morgan fingerprint density at radius 2 is 1.94 bits per heavy atom. The van der Waals surface area contributed by atoms with Crippen LogP contribution in [0.1, 0.15) is 18.9 Å². The van der Waals surface area contributed by atoms with Gasteiger partial charge >= 0.3 is 0 Å². The molecule has 4 heteroatoms. The Morgan fingerprint density at radius 3 is 2.50 bits per heavy atom. The fourth-order valence-corrected chi connectivity index (χ4v) is 1.62. The number of hydrogen-bond donors (Lipinski definition) is 1. The molecule has 1 N–H and O–H groups in total. The molecule has 0 radical (unpaired) electrons. The van der Waals surface area contributed by atoms with Crippen molar-refractivity contribution in [2.24, 2.45) is 0 Å². The molecule has 0 fully saturated rings. The molecule has 90 valence electrons. The van der Waals surface area contributed by atoms with Crippen LogP contribution in [0.3, 0.4) is 0 Å². The van der Waals surface area contributed by atoms with Crippen LogP contribution in [0.4, 0.5) is 8.78 Å². The lowest BCUT2D eigenvalue weighted by Crippen LogP contribution is -2.27. The number of benzene rings is 1. The third kappa shape index (κ3) is 3.87. The predicted octanol–water partition coefficient (Wildman–Crippen LogP) is 2.17. The first-order chi connectivity index (χ1) is 7.67. The smallest absolute Gasteiger partial charge is 0.159 e. The highest BCUT2D eigenvalue weighted by molar-refractivity contribution is 5.17. The van der Waals surface area contributed by atoms with Crippen molar-refractivity contribution in [3.8, 4) is 0 Å². The number of aliphatic hydroxyl groups excluding tert-OH is 1. The summed E-state index contributed by atoms with van der Waals surface area (Å²) in [6.07, 6.45) is 0.962. The first-order valence-corrected chi connectivity index (χ1v) is 5.44. The summed E-state index contributed by atoms with van der Waals surface area (Å²) in [6.45, 7) is 4.03. The van der Waals surface area contributed by atoms with Gasteiger partial charge in [-0.05, 0) is 30.7 Å². The summed E-state index contributed by atoms with van der Waals surface area (Å²) in [5, 5.41) is 8.86. The highest BCUT2D eigenvalue weighted by atomic mass is 19.2. The van der Waals surface area contributed by atoms with Crippen LogP contribution in [-0.4, -0.2) is 29.7 Å². The third-order valence-corrected chi connectivity index (χ3v) is 2.35. The quantitative estimate of drug-likeness (QED) is 0.808. The summed E-state index contributed by atoms with van der Waals surface area (Å²) >= 11 is 0. The van der Waals surface area contributed by atoms with Crippen LogP contribution in [0.25, 0.3) is 0 Å². The van der Waals surface area contributed by atoms with E-state index in [1.165, 1.54) is 6.07 Å². The minimum atomic E-state index is -0.826. The van der Waals surface area contributed by atoms with Crippen molar-refractivity contribution < 1.29 is 13.9 Å². The second kappa shape index (κ2) is 6.55. The minimum Gasteiger partial charge on any atom is -0.395 e. The van der Waals surface area contributed by atoms with Crippen LogP contribution in [0.15, 0.2) is 18.2 Å². The van der Waals surface area contributed by atoms with Gasteiger partial charge in [0.2, 0.25) is 0 Å². The van der Waals surface area contributed by atoms with Gasteiger partial charge in [0, 0.05) is 13.1 Å². The van der Waals surface area contributed by atoms with Crippen molar-refractivity contribution in [2.45, 2.75) is 19.9 Å². The molecule has 16 heavy (non-hydrogen) atoms. The van der Waals surface area contributed by atoms with Crippen molar-refractivity contribution >= 4 is 0 Å². The van der Waals surface area contributed by atoms with E-state index in [4.69, 9.17) is 5.11 Å². The van der Waals surface area contributed by atoms with E-state index in [1.54, 1.807) is 6.07 Å². The molecular formula is C12H17F2NO. The molecular weight excluding hydrogens is 212 g/mol. The van der Waals surface area contributed by atoms with E-state index >= 15 is 0 Å². The lowest BCUT2D eigenvalue weighted by molar-refractivity contribution is 0.190. The molecule has 0 atom stereocenters. The molecule has 2 nitrogen and oxygen atoms in total. The van der Waals surface area contributed by atoms with Crippen molar-refractivity contribution in [3.05, 3.63) is 35.4 Å². The van der Waals surface area contributed by atoms with E-state index < -0.39 is 11.6 Å². The van der Waals surface area contributed by atoms with Crippen molar-refractivity contribution in [2.75, 3.05) is 19.7 Å². The van der Waals surface area contributed by atoms with Crippen LogP contribution in [-0.2, 0) is 6.54 Å². The van der Waals surface area contributed by atoms with Gasteiger partial charge in [-0.1, -0.05) is 13.0 Å². The normalized spacial score (nSPS) is 11.1. The molecule has 0 saturated heterocycles. The van der Waals surface area contributed by atoms with E-state index in [-0.39, 0.29) is 6.61 Å². The largest absolute Gasteiger partial charge is 0.395 e. The number of aliphatic hydroxyl groups is 1. The Morgan fingerprint density at radius 1 is 1.19 bits per heavy atom. The van der Waals surface area contributed by atoms with Crippen LogP contribution < -0.4 is 0 Å². The average molecular weight is 229 g/mol. The predicted molar refractivity (Wildman–Crippen MR) is 59.0 cm³/mol. The second-order valence-electron chi connectivity index (χ2n) is 3.75. The molecule has 0 bridgehead atoms. The van der Waals surface area contributed by atoms with Gasteiger partial charge in [0.1, 0.15) is 0 Å². The monoisotopic (exact) mass is 229 g/mol. The van der Waals surface area contributed by atoms with Crippen LogP contribution in [0, 0.1) is 11.6 Å². The maximum atomic E-state index is 13.0. The van der Waals surface area contributed by atoms with Gasteiger partial charge in [0.25, 0.3) is 0 Å². The zero-order valence-corrected chi connectivity index (χ0v) is 9.42. The molecule has 0 aliphatic carbocycles. The van der Waals surface area contributed by atoms with Gasteiger partial charge in [0.15, 0.2) is 11.6 Å². The topological polar surface area (TPSA) is 23.5 Å². The summed E-state index contributed by atoms with van der Waals surface area (Å²) < 4.78 is 25.7. The molecule has 0 aliphatic heterocycles. The van der Waals surface area contributed by atoms with Gasteiger partial charge < -0.3 is 5.11 Å². The maximum Gasteiger partial charge on any atom is 0.159 e. The van der Waals surface area contributed by atoms with Gasteiger partial charge in [-0.2, -0.15) is 0 Å². The van der Waals surface area contributed by atoms with Crippen molar-refractivity contribution in [3.63, 3.8) is 0 Å². The summed E-state index contributed by atoms with van der Waals surface area (Å²) in [5.74, 6) is -1.65. The second-order valence-corrected chi connectivity index (χ2v) is 3.75. The lowest BCUT2D eigenvalue weighted by Gasteiger charge is -2.20. The summed E-state index contributed by atoms with van der Waals surface area (Å²) in [6, 6.07) is 3.90. The Labute approximate surface area is 94.5 Å². The molecule has 0 aliphatic rings. The molecule has 0 unspecified atom stereocenters. The first-order valence-electron chi connectivity index (χ1n) is 5.44. The minimum absolute atomic E-state index is 0.0731. The third-order valence-electron chi connectivity index (χ3n) is 2.35. The van der Waals surface area contributed by atoms with Crippen LogP contribution in [0.2, 0.25) is 0 Å². The summed E-state index contributed by atoms with van der Waals surface area (Å²) in [4.78, 5) is 2.01. The Hall–Kier alpha value is -1.00. The Bertz CT molecular complexity index is 325. The number of hydrogen-bond acceptors (Lipinski definition) is 2. The molecule has 0 spiro atoms. The highest BCUT2D eigenvalue weighted by Crippen LogP contribution is 2.11. The summed E-state index contributed by atoms with van der Waals surface area (Å²) in [7, 11) is 0. The van der Waals surface area contributed by atoms with Crippen LogP contribution in [0.5, 0.6) is 0 Å². The molecule has 0 amide bonds. The number of rotatable bonds is 6. The number of halogens is 2. The van der Waals surface area contributed by atoms with Crippen LogP contribution >= 0.6 is 0 Å². The van der Waals surface area contributed by atoms with Gasteiger partial charge in [-0.25, -0.2) is 8.78 Å². The van der Waals surface area contributed by atoms with Gasteiger partial charge in [0.05, 0.1) is 6.61 Å². The maximum absolute atomic E-state index is 13.0. The zero-order chi connectivity index (χ0) is 12.0. The standard InChI is InChI=1S/C12H17F2NO/c1-2-5-15(6-7-16)9-10-3-4-11(13)12(14)8-10/h3-4,8,16H,2,5-7,9H2,1H3. The van der Waals surface area contributed by atoms with E-state index in [2.05, 4.69) is 0 Å². The fraction of sp³-hybridized carbons (Fsp3) is 0.500. The molecule has 0 saturated carbocycles. The zero-order valence-electron chi connectivity index (χ0n) is 9.42. The first kappa shape index (κ1) is 13.1. The van der Waals surface area contributed by atoms with E-state index in [1.807, 2.05) is 11.8 Å². The fourth-order valence-electron chi connectivity index (χ4n) is 1.62. The van der Waals surface area contributed by atoms with Crippen molar-refractivity contribution in [1.82, 2.24) is 4.90 Å². The van der Waals surface area contributed by atoms with Gasteiger partial charge in [-0.15, -0.1) is 0 Å².